The number of hydrogen-bond acceptors (Lipinski definition) is 5. The van der Waals surface area contributed by atoms with Crippen molar-refractivity contribution in [2.24, 2.45) is 5.41 Å². The summed E-state index contributed by atoms with van der Waals surface area (Å²) in [5.41, 5.74) is -0.913. The van der Waals surface area contributed by atoms with E-state index in [9.17, 15) is 24.2 Å². The molecule has 0 spiro atoms. The van der Waals surface area contributed by atoms with E-state index < -0.39 is 29.2 Å². The second kappa shape index (κ2) is 6.87. The first-order chi connectivity index (χ1) is 12.3. The lowest BCUT2D eigenvalue weighted by Gasteiger charge is -2.43. The van der Waals surface area contributed by atoms with Gasteiger partial charge in [-0.25, -0.2) is 4.39 Å². The summed E-state index contributed by atoms with van der Waals surface area (Å²) in [5, 5.41) is 24.0. The Bertz CT molecular complexity index is 819. The lowest BCUT2D eigenvalue weighted by Crippen LogP contribution is -2.58. The van der Waals surface area contributed by atoms with E-state index in [-0.39, 0.29) is 31.6 Å². The molecule has 1 aliphatic heterocycles. The lowest BCUT2D eigenvalue weighted by atomic mass is 9.72. The number of piperidine rings is 1. The number of carbonyl (C=O) groups excluding carboxylic acids is 1. The van der Waals surface area contributed by atoms with Crippen molar-refractivity contribution < 1.29 is 28.7 Å². The fourth-order valence-electron chi connectivity index (χ4n) is 3.31. The second-order valence-electron chi connectivity index (χ2n) is 6.62. The van der Waals surface area contributed by atoms with Gasteiger partial charge in [0.1, 0.15) is 17.0 Å². The Kier molecular flexibility index (Phi) is 4.78. The average molecular weight is 362 g/mol. The molecule has 0 unspecified atom stereocenters. The van der Waals surface area contributed by atoms with Crippen molar-refractivity contribution in [1.82, 2.24) is 10.1 Å². The summed E-state index contributed by atoms with van der Waals surface area (Å²) < 4.78 is 18.0. The van der Waals surface area contributed by atoms with E-state index in [4.69, 9.17) is 4.52 Å². The predicted octanol–water partition coefficient (Wildman–Crippen LogP) is 1.64. The molecule has 1 aromatic heterocycles. The van der Waals surface area contributed by atoms with Gasteiger partial charge in [0, 0.05) is 19.2 Å². The lowest BCUT2D eigenvalue weighted by molar-refractivity contribution is -0.161. The number of likely N-dealkylation sites (tertiary alicyclic amines) is 1. The van der Waals surface area contributed by atoms with Crippen LogP contribution in [-0.4, -0.2) is 51.3 Å². The highest BCUT2D eigenvalue weighted by molar-refractivity contribution is 5.93. The normalized spacial score (nSPS) is 23.0. The molecule has 1 aromatic carbocycles. The number of carboxylic acids is 1. The van der Waals surface area contributed by atoms with Gasteiger partial charge in [0.05, 0.1) is 6.10 Å². The Balaban J connectivity index is 1.88. The second-order valence-corrected chi connectivity index (χ2v) is 6.62. The molecule has 0 bridgehead atoms. The van der Waals surface area contributed by atoms with Crippen LogP contribution in [0.25, 0.3) is 0 Å². The van der Waals surface area contributed by atoms with Gasteiger partial charge in [0.15, 0.2) is 5.69 Å². The topological polar surface area (TPSA) is 104 Å². The number of halogens is 1. The van der Waals surface area contributed by atoms with Gasteiger partial charge in [0.25, 0.3) is 5.91 Å². The fraction of sp³-hybridized carbons (Fsp3) is 0.389. The zero-order valence-corrected chi connectivity index (χ0v) is 14.2. The van der Waals surface area contributed by atoms with Crippen molar-refractivity contribution >= 4 is 11.9 Å². The van der Waals surface area contributed by atoms with Crippen molar-refractivity contribution in [3.63, 3.8) is 0 Å². The fourth-order valence-corrected chi connectivity index (χ4v) is 3.31. The molecule has 1 amide bonds. The molecule has 0 radical (unpaired) electrons. The highest BCUT2D eigenvalue weighted by Crippen LogP contribution is 2.35. The third-order valence-corrected chi connectivity index (χ3v) is 4.78. The monoisotopic (exact) mass is 362 g/mol. The molecule has 1 aliphatic rings. The summed E-state index contributed by atoms with van der Waals surface area (Å²) in [4.78, 5) is 26.0. The standard InChI is InChI=1S/C18H19FN2O5/c1-11-8-14(20-26-11)16(23)21-7-6-15(22)18(10-21,17(24)25)9-12-2-4-13(19)5-3-12/h2-5,8,15,22H,6-7,9-10H2,1H3,(H,24,25)/t15-,18-/m1/s1. The molecular formula is C18H19FN2O5. The molecule has 1 fully saturated rings. The summed E-state index contributed by atoms with van der Waals surface area (Å²) in [5.74, 6) is -1.61. The average Bonchev–Trinajstić information content (AvgIpc) is 3.04. The number of aryl methyl sites for hydroxylation is 1. The zero-order chi connectivity index (χ0) is 18.9. The van der Waals surface area contributed by atoms with Crippen molar-refractivity contribution in [2.45, 2.75) is 25.9 Å². The maximum Gasteiger partial charge on any atom is 0.314 e. The van der Waals surface area contributed by atoms with Gasteiger partial charge in [-0.3, -0.25) is 9.59 Å². The van der Waals surface area contributed by atoms with Gasteiger partial charge in [0.2, 0.25) is 0 Å². The number of hydrogen-bond donors (Lipinski definition) is 2. The Hall–Kier alpha value is -2.74. The zero-order valence-electron chi connectivity index (χ0n) is 14.2. The minimum absolute atomic E-state index is 0.0224. The number of carboxylic acid groups (broad SMARTS) is 1. The van der Waals surface area contributed by atoms with Crippen molar-refractivity contribution in [1.29, 1.82) is 0 Å². The van der Waals surface area contributed by atoms with Crippen molar-refractivity contribution in [3.8, 4) is 0 Å². The molecule has 8 heteroatoms. The molecule has 3 rings (SSSR count). The molecule has 26 heavy (non-hydrogen) atoms. The maximum atomic E-state index is 13.1. The van der Waals surface area contributed by atoms with E-state index in [0.29, 0.717) is 11.3 Å². The molecule has 2 N–H and O–H groups in total. The molecule has 0 aliphatic carbocycles. The van der Waals surface area contributed by atoms with Crippen LogP contribution < -0.4 is 0 Å². The number of benzene rings is 1. The van der Waals surface area contributed by atoms with Crippen LogP contribution in [0.4, 0.5) is 4.39 Å². The van der Waals surface area contributed by atoms with Gasteiger partial charge in [-0.2, -0.15) is 0 Å². The first kappa shape index (κ1) is 18.1. The van der Waals surface area contributed by atoms with E-state index in [1.54, 1.807) is 6.92 Å². The van der Waals surface area contributed by atoms with Crippen LogP contribution in [0.2, 0.25) is 0 Å². The van der Waals surface area contributed by atoms with Gasteiger partial charge in [-0.15, -0.1) is 0 Å². The Morgan fingerprint density at radius 2 is 2.08 bits per heavy atom. The maximum absolute atomic E-state index is 13.1. The van der Waals surface area contributed by atoms with Crippen LogP contribution in [0.15, 0.2) is 34.9 Å². The smallest absolute Gasteiger partial charge is 0.314 e. The Morgan fingerprint density at radius 3 is 2.65 bits per heavy atom. The van der Waals surface area contributed by atoms with Crippen LogP contribution in [0.1, 0.15) is 28.2 Å². The summed E-state index contributed by atoms with van der Waals surface area (Å²) in [6, 6.07) is 6.92. The van der Waals surface area contributed by atoms with E-state index >= 15 is 0 Å². The van der Waals surface area contributed by atoms with Crippen molar-refractivity contribution in [2.75, 3.05) is 13.1 Å². The minimum atomic E-state index is -1.58. The van der Waals surface area contributed by atoms with E-state index in [1.165, 1.54) is 35.2 Å². The molecule has 2 aromatic rings. The Labute approximate surface area is 149 Å². The molecule has 2 heterocycles. The van der Waals surface area contributed by atoms with Gasteiger partial charge in [-0.1, -0.05) is 17.3 Å². The first-order valence-corrected chi connectivity index (χ1v) is 8.20. The summed E-state index contributed by atoms with van der Waals surface area (Å²) in [6.07, 6.45) is -1.03. The van der Waals surface area contributed by atoms with Crippen LogP contribution in [0, 0.1) is 18.2 Å². The van der Waals surface area contributed by atoms with Crippen LogP contribution in [0.3, 0.4) is 0 Å². The number of rotatable bonds is 4. The molecule has 138 valence electrons. The Morgan fingerprint density at radius 1 is 1.38 bits per heavy atom. The van der Waals surface area contributed by atoms with Crippen LogP contribution >= 0.6 is 0 Å². The highest BCUT2D eigenvalue weighted by Gasteiger charge is 2.50. The number of aliphatic hydroxyl groups is 1. The van der Waals surface area contributed by atoms with Gasteiger partial charge in [-0.05, 0) is 37.5 Å². The quantitative estimate of drug-likeness (QED) is 0.857. The highest BCUT2D eigenvalue weighted by atomic mass is 19.1. The third-order valence-electron chi connectivity index (χ3n) is 4.78. The van der Waals surface area contributed by atoms with E-state index in [0.717, 1.165) is 0 Å². The minimum Gasteiger partial charge on any atom is -0.481 e. The summed E-state index contributed by atoms with van der Waals surface area (Å²) in [7, 11) is 0. The van der Waals surface area contributed by atoms with Crippen LogP contribution in [0.5, 0.6) is 0 Å². The summed E-state index contributed by atoms with van der Waals surface area (Å²) in [6.45, 7) is 1.69. The van der Waals surface area contributed by atoms with E-state index in [2.05, 4.69) is 5.16 Å². The number of carbonyl (C=O) groups is 2. The number of aromatic nitrogens is 1. The van der Waals surface area contributed by atoms with E-state index in [1.807, 2.05) is 0 Å². The van der Waals surface area contributed by atoms with Gasteiger partial charge < -0.3 is 19.6 Å². The van der Waals surface area contributed by atoms with Crippen LogP contribution in [-0.2, 0) is 11.2 Å². The molecule has 1 saturated heterocycles. The first-order valence-electron chi connectivity index (χ1n) is 8.20. The number of aliphatic carboxylic acids is 1. The molecule has 0 saturated carbocycles. The van der Waals surface area contributed by atoms with Gasteiger partial charge >= 0.3 is 5.97 Å². The molecular weight excluding hydrogens is 343 g/mol. The van der Waals surface area contributed by atoms with Crippen molar-refractivity contribution in [3.05, 3.63) is 53.2 Å². The number of nitrogens with zero attached hydrogens (tertiary/aromatic N) is 2. The molecule has 7 nitrogen and oxygen atoms in total. The largest absolute Gasteiger partial charge is 0.481 e. The number of aliphatic hydroxyl groups excluding tert-OH is 1. The predicted molar refractivity (Wildman–Crippen MR) is 87.9 cm³/mol. The summed E-state index contributed by atoms with van der Waals surface area (Å²) >= 11 is 0. The number of amides is 1. The molecule has 2 atom stereocenters. The SMILES string of the molecule is Cc1cc(C(=O)N2CC[C@@H](O)[C@](Cc3ccc(F)cc3)(C(=O)O)C2)no1. The third kappa shape index (κ3) is 3.32.